The van der Waals surface area contributed by atoms with Crippen LogP contribution in [0.3, 0.4) is 0 Å². The zero-order valence-corrected chi connectivity index (χ0v) is 28.3. The highest BCUT2D eigenvalue weighted by molar-refractivity contribution is 5.95. The van der Waals surface area contributed by atoms with Gasteiger partial charge in [0, 0.05) is 31.4 Å². The van der Waals surface area contributed by atoms with E-state index in [9.17, 15) is 33.9 Å². The van der Waals surface area contributed by atoms with Crippen molar-refractivity contribution in [1.82, 2.24) is 36.1 Å². The van der Waals surface area contributed by atoms with Gasteiger partial charge in [-0.15, -0.1) is 0 Å². The molecule has 1 aromatic heterocycles. The number of hydrogen-bond acceptors (Lipinski definition) is 11. The number of carbonyl (C=O) groups is 6. The van der Waals surface area contributed by atoms with Gasteiger partial charge in [0.05, 0.1) is 18.9 Å². The lowest BCUT2D eigenvalue weighted by Gasteiger charge is -2.27. The molecule has 0 aliphatic carbocycles. The SMILES string of the molecule is NCCCC[C@H](NC(=O)[C@H](CCCN=C(N)N)NC(=O)[C@@H]1CCCN1C(=O)CNC(=O)[C@H](Cc1cnc[nH]1)NC(=O)[C@@H](N)CCCN)C(=O)O. The van der Waals surface area contributed by atoms with E-state index in [2.05, 4.69) is 36.2 Å². The lowest BCUT2D eigenvalue weighted by molar-refractivity contribution is -0.143. The topological polar surface area (TPSA) is 345 Å². The number of imidazole rings is 1. The normalized spacial score (nSPS) is 16.4. The predicted molar refractivity (Wildman–Crippen MR) is 183 cm³/mol. The van der Waals surface area contributed by atoms with Gasteiger partial charge in [-0.25, -0.2) is 9.78 Å². The van der Waals surface area contributed by atoms with E-state index in [-0.39, 0.29) is 44.7 Å². The first-order valence-corrected chi connectivity index (χ1v) is 16.8. The first kappa shape index (κ1) is 41.4. The number of carboxylic acids is 1. The van der Waals surface area contributed by atoms with E-state index in [1.807, 2.05) is 0 Å². The second kappa shape index (κ2) is 22.0. The van der Waals surface area contributed by atoms with Crippen molar-refractivity contribution in [3.05, 3.63) is 18.2 Å². The number of nitrogens with two attached hydrogens (primary N) is 5. The van der Waals surface area contributed by atoms with E-state index in [1.54, 1.807) is 0 Å². The zero-order valence-electron chi connectivity index (χ0n) is 28.3. The van der Waals surface area contributed by atoms with Crippen LogP contribution in [0.5, 0.6) is 0 Å². The first-order valence-electron chi connectivity index (χ1n) is 16.8. The quantitative estimate of drug-likeness (QED) is 0.0293. The minimum Gasteiger partial charge on any atom is -0.480 e. The summed E-state index contributed by atoms with van der Waals surface area (Å²) in [5.41, 5.74) is 28.3. The first-order chi connectivity index (χ1) is 23.9. The molecule has 1 fully saturated rings. The summed E-state index contributed by atoms with van der Waals surface area (Å²) in [5.74, 6) is -4.45. The molecule has 1 aromatic rings. The van der Waals surface area contributed by atoms with Gasteiger partial charge in [0.1, 0.15) is 24.2 Å². The van der Waals surface area contributed by atoms with Crippen LogP contribution in [-0.2, 0) is 35.2 Å². The van der Waals surface area contributed by atoms with Crippen molar-refractivity contribution in [1.29, 1.82) is 0 Å². The summed E-state index contributed by atoms with van der Waals surface area (Å²) >= 11 is 0. The van der Waals surface area contributed by atoms with Crippen LogP contribution in [0.25, 0.3) is 0 Å². The summed E-state index contributed by atoms with van der Waals surface area (Å²) in [6, 6.07) is -5.25. The Morgan fingerprint density at radius 3 is 2.26 bits per heavy atom. The van der Waals surface area contributed by atoms with Crippen molar-refractivity contribution in [2.75, 3.05) is 32.7 Å². The van der Waals surface area contributed by atoms with Crippen molar-refractivity contribution in [3.63, 3.8) is 0 Å². The highest BCUT2D eigenvalue weighted by Gasteiger charge is 2.36. The van der Waals surface area contributed by atoms with Gasteiger partial charge in [0.25, 0.3) is 0 Å². The van der Waals surface area contributed by atoms with Gasteiger partial charge < -0.3 is 64.9 Å². The number of aliphatic imine (C=N–C) groups is 1. The van der Waals surface area contributed by atoms with E-state index in [0.29, 0.717) is 57.3 Å². The highest BCUT2D eigenvalue weighted by Crippen LogP contribution is 2.18. The standard InChI is InChI=1S/C30H53N13O7/c31-10-2-1-7-21(29(49)50)41-27(47)20(8-4-12-37-30(34)35)40-28(48)23-9-5-13-43(23)24(44)16-38-26(46)22(14-18-15-36-17-39-18)42-25(45)19(33)6-3-11-32/h15,17,19-23H,1-14,16,31-33H2,(H,36,39)(H,38,46)(H,40,48)(H,41,47)(H,42,45)(H,49,50)(H4,34,35,37)/t19-,20-,21-,22-,23-/m0/s1. The minimum atomic E-state index is -1.23. The Morgan fingerprint density at radius 1 is 0.920 bits per heavy atom. The van der Waals surface area contributed by atoms with Crippen molar-refractivity contribution < 1.29 is 33.9 Å². The molecule has 0 saturated carbocycles. The van der Waals surface area contributed by atoms with Crippen LogP contribution in [0.15, 0.2) is 17.5 Å². The predicted octanol–water partition coefficient (Wildman–Crippen LogP) is -4.15. The van der Waals surface area contributed by atoms with Crippen LogP contribution < -0.4 is 49.9 Å². The molecule has 0 spiro atoms. The van der Waals surface area contributed by atoms with Gasteiger partial charge in [-0.05, 0) is 70.9 Å². The summed E-state index contributed by atoms with van der Waals surface area (Å²) < 4.78 is 0. The third-order valence-electron chi connectivity index (χ3n) is 8.10. The third-order valence-corrected chi connectivity index (χ3v) is 8.10. The average Bonchev–Trinajstić information content (AvgIpc) is 3.79. The monoisotopic (exact) mass is 707 g/mol. The maximum atomic E-state index is 13.5. The summed E-state index contributed by atoms with van der Waals surface area (Å²) in [5, 5.41) is 19.9. The second-order valence-electron chi connectivity index (χ2n) is 12.0. The molecule has 5 atom stereocenters. The summed E-state index contributed by atoms with van der Waals surface area (Å²) in [6.07, 6.45) is 6.17. The molecule has 50 heavy (non-hydrogen) atoms. The fourth-order valence-electron chi connectivity index (χ4n) is 5.36. The Hall–Kier alpha value is -4.82. The molecule has 2 rings (SSSR count). The Labute approximate surface area is 290 Å². The molecule has 0 radical (unpaired) electrons. The second-order valence-corrected chi connectivity index (χ2v) is 12.0. The number of unbranched alkanes of at least 4 members (excludes halogenated alkanes) is 1. The molecule has 280 valence electrons. The van der Waals surface area contributed by atoms with E-state index in [1.165, 1.54) is 17.4 Å². The van der Waals surface area contributed by atoms with Crippen LogP contribution in [0.4, 0.5) is 0 Å². The van der Waals surface area contributed by atoms with E-state index in [0.717, 1.165) is 0 Å². The minimum absolute atomic E-state index is 0.0481. The average molecular weight is 708 g/mol. The van der Waals surface area contributed by atoms with Crippen molar-refractivity contribution in [2.45, 2.75) is 94.4 Å². The van der Waals surface area contributed by atoms with Gasteiger partial charge >= 0.3 is 5.97 Å². The smallest absolute Gasteiger partial charge is 0.326 e. The molecule has 0 aromatic carbocycles. The Bertz CT molecular complexity index is 1290. The lowest BCUT2D eigenvalue weighted by atomic mass is 10.1. The number of likely N-dealkylation sites (tertiary alicyclic amines) is 1. The molecule has 5 amide bonds. The van der Waals surface area contributed by atoms with Crippen LogP contribution >= 0.6 is 0 Å². The van der Waals surface area contributed by atoms with E-state index in [4.69, 9.17) is 28.7 Å². The number of H-pyrrole nitrogens is 1. The van der Waals surface area contributed by atoms with Gasteiger partial charge in [-0.2, -0.15) is 0 Å². The third kappa shape index (κ3) is 14.3. The van der Waals surface area contributed by atoms with Crippen molar-refractivity contribution in [3.8, 4) is 0 Å². The molecule has 0 bridgehead atoms. The van der Waals surface area contributed by atoms with E-state index < -0.39 is 72.3 Å². The molecule has 20 heteroatoms. The Morgan fingerprint density at radius 2 is 1.62 bits per heavy atom. The number of guanidine groups is 1. The van der Waals surface area contributed by atoms with E-state index >= 15 is 0 Å². The Kier molecular flexibility index (Phi) is 18.2. The summed E-state index contributed by atoms with van der Waals surface area (Å²) in [7, 11) is 0. The number of aromatic amines is 1. The van der Waals surface area contributed by atoms with Crippen LogP contribution in [-0.4, -0.2) is 124 Å². The maximum Gasteiger partial charge on any atom is 0.326 e. The summed E-state index contributed by atoms with van der Waals surface area (Å²) in [6.45, 7) is 0.640. The fraction of sp³-hybridized carbons (Fsp3) is 0.667. The number of aromatic nitrogens is 2. The summed E-state index contributed by atoms with van der Waals surface area (Å²) in [4.78, 5) is 89.7. The molecular formula is C30H53N13O7. The molecule has 16 N–H and O–H groups in total. The number of aliphatic carboxylic acids is 1. The molecule has 1 aliphatic heterocycles. The van der Waals surface area contributed by atoms with Gasteiger partial charge in [-0.1, -0.05) is 0 Å². The molecule has 2 heterocycles. The van der Waals surface area contributed by atoms with Crippen LogP contribution in [0.1, 0.15) is 63.5 Å². The molecule has 0 unspecified atom stereocenters. The lowest BCUT2D eigenvalue weighted by Crippen LogP contribution is -2.56. The number of rotatable bonds is 23. The van der Waals surface area contributed by atoms with Crippen molar-refractivity contribution in [2.24, 2.45) is 33.7 Å². The maximum absolute atomic E-state index is 13.5. The molecule has 1 saturated heterocycles. The number of carboxylic acid groups (broad SMARTS) is 1. The number of nitrogens with zero attached hydrogens (tertiary/aromatic N) is 3. The molecule has 1 aliphatic rings. The number of hydrogen-bond donors (Lipinski definition) is 11. The fourth-order valence-corrected chi connectivity index (χ4v) is 5.36. The largest absolute Gasteiger partial charge is 0.480 e. The number of carbonyl (C=O) groups excluding carboxylic acids is 5. The Balaban J connectivity index is 2.09. The van der Waals surface area contributed by atoms with Crippen molar-refractivity contribution >= 4 is 41.5 Å². The van der Waals surface area contributed by atoms with Gasteiger partial charge in [-0.3, -0.25) is 29.0 Å². The zero-order chi connectivity index (χ0) is 37.1. The number of amides is 5. The van der Waals surface area contributed by atoms with Crippen LogP contribution in [0.2, 0.25) is 0 Å². The van der Waals surface area contributed by atoms with Crippen LogP contribution in [0, 0.1) is 0 Å². The molecule has 20 nitrogen and oxygen atoms in total. The molecular weight excluding hydrogens is 654 g/mol. The van der Waals surface area contributed by atoms with Gasteiger partial charge in [0.2, 0.25) is 29.5 Å². The number of nitrogens with one attached hydrogen (secondary N) is 5. The highest BCUT2D eigenvalue weighted by atomic mass is 16.4. The van der Waals surface area contributed by atoms with Gasteiger partial charge in [0.15, 0.2) is 5.96 Å².